The highest BCUT2D eigenvalue weighted by atomic mass is 79.9. The summed E-state index contributed by atoms with van der Waals surface area (Å²) in [5.74, 6) is 1.07. The summed E-state index contributed by atoms with van der Waals surface area (Å²) in [7, 11) is 0. The highest BCUT2D eigenvalue weighted by molar-refractivity contribution is 9.11. The third kappa shape index (κ3) is 14.3. The van der Waals surface area contributed by atoms with Crippen LogP contribution < -0.4 is 10.2 Å². The second kappa shape index (κ2) is 23.2. The molecule has 0 spiro atoms. The molecule has 9 heteroatoms. The van der Waals surface area contributed by atoms with Crippen LogP contribution in [0.2, 0.25) is 0 Å². The fourth-order valence-corrected chi connectivity index (χ4v) is 7.24. The van der Waals surface area contributed by atoms with Gasteiger partial charge in [0.15, 0.2) is 0 Å². The first-order chi connectivity index (χ1) is 23.1. The molecule has 0 aliphatic rings. The number of unbranched alkanes of at least 4 members (excludes halogenated alkanes) is 3. The summed E-state index contributed by atoms with van der Waals surface area (Å²) in [5.41, 5.74) is 3.26. The maximum absolute atomic E-state index is 12.9. The van der Waals surface area contributed by atoms with Crippen molar-refractivity contribution >= 4 is 66.5 Å². The molecule has 3 atom stereocenters. The Bertz CT molecular complexity index is 1260. The minimum absolute atomic E-state index is 0.163. The fraction of sp³-hybridized carbons (Fsp3) is 0.641. The predicted octanol–water partition coefficient (Wildman–Crippen LogP) is 13.2. The van der Waals surface area contributed by atoms with Crippen molar-refractivity contribution in [3.05, 3.63) is 44.8 Å². The zero-order valence-electron chi connectivity index (χ0n) is 30.5. The Kier molecular flexibility index (Phi) is 20.3. The van der Waals surface area contributed by atoms with Crippen molar-refractivity contribution in [3.63, 3.8) is 0 Å². The second-order valence-corrected chi connectivity index (χ2v) is 14.8. The third-order valence-corrected chi connectivity index (χ3v) is 10.4. The zero-order chi connectivity index (χ0) is 35.5. The van der Waals surface area contributed by atoms with Gasteiger partial charge in [-0.2, -0.15) is 0 Å². The number of nitrogens with one attached hydrogen (secondary N) is 1. The molecular formula is C39H60Br2N4O3. The average Bonchev–Trinajstić information content (AvgIpc) is 3.07. The maximum Gasteiger partial charge on any atom is 0.338 e. The Balaban J connectivity index is 2.38. The lowest BCUT2D eigenvalue weighted by molar-refractivity contribution is -0.114. The number of ether oxygens (including phenoxy) is 1. The molecule has 0 bridgehead atoms. The van der Waals surface area contributed by atoms with Crippen LogP contribution in [0.1, 0.15) is 136 Å². The number of carbonyl (C=O) groups excluding carboxylic acids is 2. The number of rotatable bonds is 23. The van der Waals surface area contributed by atoms with Gasteiger partial charge in [0.2, 0.25) is 5.91 Å². The highest BCUT2D eigenvalue weighted by Crippen LogP contribution is 2.38. The third-order valence-electron chi connectivity index (χ3n) is 9.20. The van der Waals surface area contributed by atoms with Gasteiger partial charge in [-0.3, -0.25) is 4.79 Å². The number of anilines is 2. The Labute approximate surface area is 307 Å². The van der Waals surface area contributed by atoms with Crippen LogP contribution >= 0.6 is 31.9 Å². The summed E-state index contributed by atoms with van der Waals surface area (Å²) in [5, 5.41) is 12.1. The number of nitrogens with zero attached hydrogens (tertiary/aromatic N) is 3. The number of carbonyl (C=O) groups is 2. The van der Waals surface area contributed by atoms with E-state index < -0.39 is 0 Å². The number of hydrogen-bond donors (Lipinski definition) is 1. The normalized spacial score (nSPS) is 13.4. The van der Waals surface area contributed by atoms with E-state index in [4.69, 9.17) is 4.74 Å². The Hall–Kier alpha value is -2.26. The van der Waals surface area contributed by atoms with Crippen LogP contribution in [0, 0.1) is 17.8 Å². The molecule has 0 aliphatic heterocycles. The van der Waals surface area contributed by atoms with E-state index in [0.29, 0.717) is 55.9 Å². The lowest BCUT2D eigenvalue weighted by Crippen LogP contribution is -2.34. The first-order valence-electron chi connectivity index (χ1n) is 18.3. The highest BCUT2D eigenvalue weighted by Gasteiger charge is 2.20. The fourth-order valence-electron chi connectivity index (χ4n) is 5.90. The number of benzene rings is 2. The van der Waals surface area contributed by atoms with Gasteiger partial charge < -0.3 is 15.0 Å². The molecule has 0 fully saturated rings. The summed E-state index contributed by atoms with van der Waals surface area (Å²) < 4.78 is 6.89. The van der Waals surface area contributed by atoms with Gasteiger partial charge in [-0.1, -0.05) is 99.3 Å². The van der Waals surface area contributed by atoms with Crippen LogP contribution in [0.25, 0.3) is 0 Å². The van der Waals surface area contributed by atoms with Crippen LogP contribution in [0.4, 0.5) is 22.7 Å². The molecule has 0 heterocycles. The molecule has 2 rings (SSSR count). The van der Waals surface area contributed by atoms with Crippen molar-refractivity contribution in [1.82, 2.24) is 0 Å². The minimum Gasteiger partial charge on any atom is -0.462 e. The van der Waals surface area contributed by atoms with Gasteiger partial charge in [0.1, 0.15) is 11.4 Å². The van der Waals surface area contributed by atoms with E-state index in [2.05, 4.69) is 99.9 Å². The first-order valence-corrected chi connectivity index (χ1v) is 19.9. The van der Waals surface area contributed by atoms with Crippen molar-refractivity contribution in [2.24, 2.45) is 28.0 Å². The van der Waals surface area contributed by atoms with E-state index in [0.717, 1.165) is 57.3 Å². The van der Waals surface area contributed by atoms with Crippen LogP contribution in [-0.2, 0) is 9.53 Å². The molecular weight excluding hydrogens is 732 g/mol. The molecule has 7 nitrogen and oxygen atoms in total. The van der Waals surface area contributed by atoms with E-state index in [1.807, 2.05) is 12.1 Å². The van der Waals surface area contributed by atoms with E-state index in [1.54, 1.807) is 12.1 Å². The molecule has 0 saturated carbocycles. The van der Waals surface area contributed by atoms with Gasteiger partial charge >= 0.3 is 5.97 Å². The van der Waals surface area contributed by atoms with E-state index in [1.165, 1.54) is 45.4 Å². The smallest absolute Gasteiger partial charge is 0.338 e. The number of amides is 1. The van der Waals surface area contributed by atoms with E-state index >= 15 is 0 Å². The molecule has 0 radical (unpaired) electrons. The van der Waals surface area contributed by atoms with Crippen molar-refractivity contribution < 1.29 is 14.3 Å². The molecule has 0 aromatic heterocycles. The topological polar surface area (TPSA) is 83.4 Å². The first kappa shape index (κ1) is 41.9. The number of azo groups is 1. The van der Waals surface area contributed by atoms with Crippen molar-refractivity contribution in [2.45, 2.75) is 126 Å². The summed E-state index contributed by atoms with van der Waals surface area (Å²) >= 11 is 7.17. The molecule has 1 N–H and O–H groups in total. The largest absolute Gasteiger partial charge is 0.462 e. The van der Waals surface area contributed by atoms with Gasteiger partial charge in [0.05, 0.1) is 17.9 Å². The predicted molar refractivity (Wildman–Crippen MR) is 209 cm³/mol. The van der Waals surface area contributed by atoms with Crippen LogP contribution in [-0.4, -0.2) is 31.6 Å². The van der Waals surface area contributed by atoms with E-state index in [-0.39, 0.29) is 11.9 Å². The quantitative estimate of drug-likeness (QED) is 0.0897. The summed E-state index contributed by atoms with van der Waals surface area (Å²) in [4.78, 5) is 27.7. The number of hydrogen-bond acceptors (Lipinski definition) is 6. The van der Waals surface area contributed by atoms with Gasteiger partial charge in [-0.05, 0) is 99.2 Å². The number of halogens is 2. The summed E-state index contributed by atoms with van der Waals surface area (Å²) in [6.45, 7) is 17.3. The average molecular weight is 793 g/mol. The van der Waals surface area contributed by atoms with Gasteiger partial charge in [-0.25, -0.2) is 4.79 Å². The summed E-state index contributed by atoms with van der Waals surface area (Å²) in [6, 6.07) is 9.52. The van der Waals surface area contributed by atoms with Crippen LogP contribution in [0.3, 0.4) is 0 Å². The molecule has 2 aromatic carbocycles. The van der Waals surface area contributed by atoms with Gasteiger partial charge in [-0.15, -0.1) is 10.2 Å². The van der Waals surface area contributed by atoms with Crippen molar-refractivity contribution in [2.75, 3.05) is 29.9 Å². The van der Waals surface area contributed by atoms with Crippen molar-refractivity contribution in [3.8, 4) is 0 Å². The lowest BCUT2D eigenvalue weighted by Gasteiger charge is -2.33. The molecule has 2 aromatic rings. The molecule has 0 aliphatic carbocycles. The number of esters is 1. The molecule has 3 unspecified atom stereocenters. The summed E-state index contributed by atoms with van der Waals surface area (Å²) in [6.07, 6.45) is 13.9. The monoisotopic (exact) mass is 790 g/mol. The van der Waals surface area contributed by atoms with E-state index in [9.17, 15) is 9.59 Å². The maximum atomic E-state index is 12.9. The standard InChI is InChI=1S/C39H60Br2N4O3/c1-8-14-17-29(11-4)25-45(26-30(12-5)18-15-9-2)33-20-21-36(37(24-33)42-28(7)46)43-44-38-34(40)22-32(23-35(38)41)39(47)48-27-31(13-6)19-16-10-3/h20-24,29-31H,8-19,25-27H2,1-7H3,(H,42,46). The SMILES string of the molecule is CCCCC(CC)COC(=O)c1cc(Br)c(N=Nc2ccc(N(CC(CC)CCCC)CC(CC)CCCC)cc2NC(C)=O)c(Br)c1. The molecule has 1 amide bonds. The second-order valence-electron chi connectivity index (χ2n) is 13.1. The zero-order valence-corrected chi connectivity index (χ0v) is 33.7. The molecule has 0 saturated heterocycles. The minimum atomic E-state index is -0.358. The Morgan fingerprint density at radius 3 is 1.77 bits per heavy atom. The van der Waals surface area contributed by atoms with Crippen LogP contribution in [0.5, 0.6) is 0 Å². The Morgan fingerprint density at radius 2 is 1.29 bits per heavy atom. The Morgan fingerprint density at radius 1 is 0.771 bits per heavy atom. The van der Waals surface area contributed by atoms with Crippen molar-refractivity contribution in [1.29, 1.82) is 0 Å². The molecule has 48 heavy (non-hydrogen) atoms. The lowest BCUT2D eigenvalue weighted by atomic mass is 9.95. The van der Waals surface area contributed by atoms with Gasteiger partial charge in [0.25, 0.3) is 0 Å². The van der Waals surface area contributed by atoms with Gasteiger partial charge in [0, 0.05) is 34.6 Å². The van der Waals surface area contributed by atoms with Crippen LogP contribution in [0.15, 0.2) is 49.5 Å². The molecule has 268 valence electrons.